The number of aromatic nitrogens is 3. The number of nitrogens with zero attached hydrogens (tertiary/aromatic N) is 3. The Morgan fingerprint density at radius 3 is 2.71 bits per heavy atom. The molecule has 2 heterocycles. The molecule has 0 aliphatic carbocycles. The molecule has 3 rings (SSSR count). The second-order valence-electron chi connectivity index (χ2n) is 5.23. The Hall–Kier alpha value is -2.66. The van der Waals surface area contributed by atoms with Crippen molar-refractivity contribution in [3.63, 3.8) is 0 Å². The number of nitrogens with one attached hydrogen (secondary N) is 1. The van der Waals surface area contributed by atoms with Crippen molar-refractivity contribution in [3.05, 3.63) is 76.8 Å². The number of hydrogen-bond acceptors (Lipinski definition) is 3. The largest absolute Gasteiger partial charge is 0.346 e. The molecule has 0 saturated heterocycles. The van der Waals surface area contributed by atoms with Crippen LogP contribution in [0.1, 0.15) is 28.7 Å². The summed E-state index contributed by atoms with van der Waals surface area (Å²) in [6, 6.07) is 13.0. The Labute approximate surface area is 145 Å². The quantitative estimate of drug-likeness (QED) is 0.774. The van der Waals surface area contributed by atoms with Crippen LogP contribution >= 0.6 is 11.6 Å². The molecule has 122 valence electrons. The van der Waals surface area contributed by atoms with Crippen molar-refractivity contribution in [3.8, 4) is 5.69 Å². The topological polar surface area (TPSA) is 59.8 Å². The summed E-state index contributed by atoms with van der Waals surface area (Å²) < 4.78 is 1.72. The van der Waals surface area contributed by atoms with Crippen molar-refractivity contribution in [2.75, 3.05) is 0 Å². The van der Waals surface area contributed by atoms with Gasteiger partial charge in [0.1, 0.15) is 0 Å². The molecule has 1 amide bonds. The van der Waals surface area contributed by atoms with Crippen LogP contribution in [0, 0.1) is 0 Å². The first kappa shape index (κ1) is 16.2. The number of amides is 1. The second kappa shape index (κ2) is 7.27. The van der Waals surface area contributed by atoms with Crippen LogP contribution in [0.5, 0.6) is 0 Å². The monoisotopic (exact) mass is 340 g/mol. The zero-order valence-corrected chi connectivity index (χ0v) is 14.0. The molecule has 3 aromatic rings. The molecule has 0 saturated carbocycles. The first-order valence-electron chi connectivity index (χ1n) is 7.70. The molecule has 2 aromatic heterocycles. The molecular weight excluding hydrogens is 324 g/mol. The minimum absolute atomic E-state index is 0.171. The summed E-state index contributed by atoms with van der Waals surface area (Å²) in [5.74, 6) is -0.171. The van der Waals surface area contributed by atoms with E-state index in [9.17, 15) is 4.79 Å². The lowest BCUT2D eigenvalue weighted by atomic mass is 10.2. The normalized spacial score (nSPS) is 10.6. The molecule has 0 aliphatic rings. The Bertz CT molecular complexity index is 845. The van der Waals surface area contributed by atoms with Gasteiger partial charge in [-0.05, 0) is 30.7 Å². The van der Waals surface area contributed by atoms with Gasteiger partial charge < -0.3 is 5.32 Å². The summed E-state index contributed by atoms with van der Waals surface area (Å²) in [6.07, 6.45) is 3.95. The molecule has 0 spiro atoms. The molecule has 0 aliphatic heterocycles. The van der Waals surface area contributed by atoms with Gasteiger partial charge >= 0.3 is 0 Å². The molecule has 5 nitrogen and oxygen atoms in total. The molecule has 0 radical (unpaired) electrons. The minimum atomic E-state index is -0.171. The molecule has 0 fully saturated rings. The Morgan fingerprint density at radius 2 is 2.00 bits per heavy atom. The fourth-order valence-electron chi connectivity index (χ4n) is 2.50. The maximum atomic E-state index is 12.5. The maximum Gasteiger partial charge on any atom is 0.255 e. The third kappa shape index (κ3) is 3.31. The molecule has 0 atom stereocenters. The van der Waals surface area contributed by atoms with E-state index in [4.69, 9.17) is 11.6 Å². The van der Waals surface area contributed by atoms with E-state index in [2.05, 4.69) is 15.4 Å². The van der Waals surface area contributed by atoms with Crippen LogP contribution in [-0.2, 0) is 13.0 Å². The van der Waals surface area contributed by atoms with Crippen molar-refractivity contribution < 1.29 is 4.79 Å². The standard InChI is InChI=1S/C18H17ClN4O/c1-2-16-14(18(24)21-11-13-7-5-6-10-20-13)12-22-23(16)17-9-4-3-8-15(17)19/h3-10,12H,2,11H2,1H3,(H,21,24). The summed E-state index contributed by atoms with van der Waals surface area (Å²) in [7, 11) is 0. The molecule has 24 heavy (non-hydrogen) atoms. The summed E-state index contributed by atoms with van der Waals surface area (Å²) in [6.45, 7) is 2.36. The lowest BCUT2D eigenvalue weighted by Gasteiger charge is -2.09. The van der Waals surface area contributed by atoms with Crippen LogP contribution in [-0.4, -0.2) is 20.7 Å². The van der Waals surface area contributed by atoms with Crippen LogP contribution < -0.4 is 5.32 Å². The number of halogens is 1. The fraction of sp³-hybridized carbons (Fsp3) is 0.167. The van der Waals surface area contributed by atoms with Crippen molar-refractivity contribution in [1.29, 1.82) is 0 Å². The van der Waals surface area contributed by atoms with Crippen molar-refractivity contribution >= 4 is 17.5 Å². The van der Waals surface area contributed by atoms with E-state index in [1.807, 2.05) is 43.3 Å². The Kier molecular flexibility index (Phi) is 4.91. The summed E-state index contributed by atoms with van der Waals surface area (Å²) in [5, 5.41) is 7.82. The van der Waals surface area contributed by atoms with Crippen LogP contribution in [0.2, 0.25) is 5.02 Å². The second-order valence-corrected chi connectivity index (χ2v) is 5.63. The number of para-hydroxylation sites is 1. The number of hydrogen-bond donors (Lipinski definition) is 1. The van der Waals surface area contributed by atoms with Crippen molar-refractivity contribution in [2.45, 2.75) is 19.9 Å². The highest BCUT2D eigenvalue weighted by Gasteiger charge is 2.18. The van der Waals surface area contributed by atoms with Gasteiger partial charge in [0.15, 0.2) is 0 Å². The highest BCUT2D eigenvalue weighted by Crippen LogP contribution is 2.22. The van der Waals surface area contributed by atoms with Gasteiger partial charge in [-0.2, -0.15) is 5.10 Å². The SMILES string of the molecule is CCc1c(C(=O)NCc2ccccn2)cnn1-c1ccccc1Cl. The van der Waals surface area contributed by atoms with Crippen molar-refractivity contribution in [2.24, 2.45) is 0 Å². The third-order valence-corrected chi connectivity index (χ3v) is 4.00. The van der Waals surface area contributed by atoms with Crippen LogP contribution in [0.4, 0.5) is 0 Å². The maximum absolute atomic E-state index is 12.5. The van der Waals surface area contributed by atoms with E-state index in [-0.39, 0.29) is 5.91 Å². The summed E-state index contributed by atoms with van der Waals surface area (Å²) >= 11 is 6.25. The number of benzene rings is 1. The molecule has 1 N–H and O–H groups in total. The van der Waals surface area contributed by atoms with E-state index in [1.165, 1.54) is 0 Å². The molecule has 1 aromatic carbocycles. The number of carbonyl (C=O) groups is 1. The lowest BCUT2D eigenvalue weighted by molar-refractivity contribution is 0.0949. The zero-order valence-electron chi connectivity index (χ0n) is 13.2. The average molecular weight is 341 g/mol. The van der Waals surface area contributed by atoms with Gasteiger partial charge in [-0.3, -0.25) is 9.78 Å². The van der Waals surface area contributed by atoms with Gasteiger partial charge in [0.05, 0.1) is 40.4 Å². The predicted octanol–water partition coefficient (Wildman–Crippen LogP) is 3.41. The summed E-state index contributed by atoms with van der Waals surface area (Å²) in [4.78, 5) is 16.7. The number of carbonyl (C=O) groups excluding carboxylic acids is 1. The smallest absolute Gasteiger partial charge is 0.255 e. The Morgan fingerprint density at radius 1 is 1.21 bits per heavy atom. The molecule has 0 bridgehead atoms. The van der Waals surface area contributed by atoms with Crippen molar-refractivity contribution in [1.82, 2.24) is 20.1 Å². The summed E-state index contributed by atoms with van der Waals surface area (Å²) in [5.41, 5.74) is 2.94. The third-order valence-electron chi connectivity index (χ3n) is 3.69. The van der Waals surface area contributed by atoms with Crippen LogP contribution in [0.3, 0.4) is 0 Å². The lowest BCUT2D eigenvalue weighted by Crippen LogP contribution is -2.24. The van der Waals surface area contributed by atoms with Gasteiger partial charge in [0.25, 0.3) is 5.91 Å². The molecule has 6 heteroatoms. The van der Waals surface area contributed by atoms with Gasteiger partial charge in [-0.25, -0.2) is 4.68 Å². The van der Waals surface area contributed by atoms with E-state index in [0.29, 0.717) is 23.6 Å². The Balaban J connectivity index is 1.84. The van der Waals surface area contributed by atoms with E-state index in [1.54, 1.807) is 23.1 Å². The minimum Gasteiger partial charge on any atom is -0.346 e. The van der Waals surface area contributed by atoms with Gasteiger partial charge in [0, 0.05) is 6.20 Å². The zero-order chi connectivity index (χ0) is 16.9. The van der Waals surface area contributed by atoms with E-state index >= 15 is 0 Å². The predicted molar refractivity (Wildman–Crippen MR) is 93.4 cm³/mol. The van der Waals surface area contributed by atoms with Gasteiger partial charge in [0.2, 0.25) is 0 Å². The van der Waals surface area contributed by atoms with Gasteiger partial charge in [-0.1, -0.05) is 36.7 Å². The fourth-order valence-corrected chi connectivity index (χ4v) is 2.72. The van der Waals surface area contributed by atoms with E-state index < -0.39 is 0 Å². The first-order chi connectivity index (χ1) is 11.7. The number of pyridine rings is 1. The number of rotatable bonds is 5. The molecule has 0 unspecified atom stereocenters. The van der Waals surface area contributed by atoms with Crippen LogP contribution in [0.15, 0.2) is 54.9 Å². The van der Waals surface area contributed by atoms with E-state index in [0.717, 1.165) is 17.1 Å². The molecular formula is C18H17ClN4O. The highest BCUT2D eigenvalue weighted by molar-refractivity contribution is 6.32. The van der Waals surface area contributed by atoms with Crippen LogP contribution in [0.25, 0.3) is 5.69 Å². The first-order valence-corrected chi connectivity index (χ1v) is 8.08. The van der Waals surface area contributed by atoms with Gasteiger partial charge in [-0.15, -0.1) is 0 Å². The highest BCUT2D eigenvalue weighted by atomic mass is 35.5. The average Bonchev–Trinajstić information content (AvgIpc) is 3.05.